The summed E-state index contributed by atoms with van der Waals surface area (Å²) in [5, 5.41) is 19.4. The molecule has 2 heteroatoms. The van der Waals surface area contributed by atoms with Gasteiger partial charge in [-0.25, -0.2) is 0 Å². The first-order chi connectivity index (χ1) is 8.76. The van der Waals surface area contributed by atoms with Gasteiger partial charge in [-0.15, -0.1) is 0 Å². The van der Waals surface area contributed by atoms with E-state index in [0.717, 1.165) is 25.7 Å². The lowest BCUT2D eigenvalue weighted by Gasteiger charge is -2.20. The predicted octanol–water partition coefficient (Wildman–Crippen LogP) is 4.29. The van der Waals surface area contributed by atoms with Crippen LogP contribution in [0, 0.1) is 5.92 Å². The molecule has 0 aromatic heterocycles. The fourth-order valence-electron chi connectivity index (χ4n) is 2.43. The predicted molar refractivity (Wildman–Crippen MR) is 78.7 cm³/mol. The third-order valence-electron chi connectivity index (χ3n) is 3.81. The van der Waals surface area contributed by atoms with E-state index in [9.17, 15) is 10.2 Å². The molecule has 0 aliphatic rings. The lowest BCUT2D eigenvalue weighted by atomic mass is 9.92. The molecule has 18 heavy (non-hydrogen) atoms. The summed E-state index contributed by atoms with van der Waals surface area (Å²) in [6.07, 6.45) is 12.6. The molecule has 0 aliphatic carbocycles. The zero-order valence-corrected chi connectivity index (χ0v) is 12.5. The molecule has 2 unspecified atom stereocenters. The summed E-state index contributed by atoms with van der Waals surface area (Å²) >= 11 is 0. The van der Waals surface area contributed by atoms with Crippen molar-refractivity contribution in [2.75, 3.05) is 6.61 Å². The summed E-state index contributed by atoms with van der Waals surface area (Å²) < 4.78 is 0. The minimum absolute atomic E-state index is 0.105. The highest BCUT2D eigenvalue weighted by Gasteiger charge is 2.17. The molecule has 0 bridgehead atoms. The van der Waals surface area contributed by atoms with Crippen LogP contribution in [0.1, 0.15) is 84.5 Å². The lowest BCUT2D eigenvalue weighted by molar-refractivity contribution is 0.0528. The van der Waals surface area contributed by atoms with Gasteiger partial charge in [0.1, 0.15) is 0 Å². The van der Waals surface area contributed by atoms with Crippen LogP contribution in [0.2, 0.25) is 0 Å². The van der Waals surface area contributed by atoms with Crippen LogP contribution in [-0.4, -0.2) is 22.9 Å². The summed E-state index contributed by atoms with van der Waals surface area (Å²) in [5.41, 5.74) is 0. The normalized spacial score (nSPS) is 14.7. The standard InChI is InChI=1S/C16H34O2/c1-3-5-7-9-11-13-16(18)15(14-17)12-10-8-6-4-2/h15-18H,3-14H2,1-2H3. The Morgan fingerprint density at radius 3 is 1.78 bits per heavy atom. The van der Waals surface area contributed by atoms with Gasteiger partial charge < -0.3 is 10.2 Å². The number of rotatable bonds is 13. The molecule has 0 saturated heterocycles. The first-order valence-electron chi connectivity index (χ1n) is 8.05. The van der Waals surface area contributed by atoms with Gasteiger partial charge in [0.2, 0.25) is 0 Å². The summed E-state index contributed by atoms with van der Waals surface area (Å²) in [5.74, 6) is 0.105. The van der Waals surface area contributed by atoms with Crippen LogP contribution in [0.25, 0.3) is 0 Å². The molecular formula is C16H34O2. The van der Waals surface area contributed by atoms with Gasteiger partial charge in [-0.2, -0.15) is 0 Å². The van der Waals surface area contributed by atoms with Crippen molar-refractivity contribution in [3.63, 3.8) is 0 Å². The topological polar surface area (TPSA) is 40.5 Å². The average molecular weight is 258 g/mol. The number of hydrogen-bond acceptors (Lipinski definition) is 2. The van der Waals surface area contributed by atoms with Crippen LogP contribution in [0.3, 0.4) is 0 Å². The highest BCUT2D eigenvalue weighted by molar-refractivity contribution is 4.68. The van der Waals surface area contributed by atoms with E-state index in [1.54, 1.807) is 0 Å². The molecule has 2 N–H and O–H groups in total. The van der Waals surface area contributed by atoms with Gasteiger partial charge in [-0.05, 0) is 12.8 Å². The fraction of sp³-hybridized carbons (Fsp3) is 1.00. The van der Waals surface area contributed by atoms with Crippen molar-refractivity contribution in [2.24, 2.45) is 5.92 Å². The largest absolute Gasteiger partial charge is 0.396 e. The molecule has 2 atom stereocenters. The molecule has 110 valence electrons. The summed E-state index contributed by atoms with van der Waals surface area (Å²) in [7, 11) is 0. The van der Waals surface area contributed by atoms with E-state index in [1.165, 1.54) is 44.9 Å². The Hall–Kier alpha value is -0.0800. The minimum Gasteiger partial charge on any atom is -0.396 e. The summed E-state index contributed by atoms with van der Waals surface area (Å²) in [6.45, 7) is 4.56. The van der Waals surface area contributed by atoms with Gasteiger partial charge in [0.15, 0.2) is 0 Å². The molecule has 0 saturated carbocycles. The Balaban J connectivity index is 3.58. The van der Waals surface area contributed by atoms with E-state index >= 15 is 0 Å². The molecule has 0 radical (unpaired) electrons. The number of aliphatic hydroxyl groups is 2. The quantitative estimate of drug-likeness (QED) is 0.484. The molecule has 0 spiro atoms. The summed E-state index contributed by atoms with van der Waals surface area (Å²) in [4.78, 5) is 0. The lowest BCUT2D eigenvalue weighted by Crippen LogP contribution is -2.23. The Kier molecular flexibility index (Phi) is 13.3. The van der Waals surface area contributed by atoms with Crippen molar-refractivity contribution in [3.05, 3.63) is 0 Å². The van der Waals surface area contributed by atoms with Crippen molar-refractivity contribution in [3.8, 4) is 0 Å². The van der Waals surface area contributed by atoms with Crippen LogP contribution >= 0.6 is 0 Å². The third-order valence-corrected chi connectivity index (χ3v) is 3.81. The van der Waals surface area contributed by atoms with Gasteiger partial charge >= 0.3 is 0 Å². The van der Waals surface area contributed by atoms with Crippen molar-refractivity contribution >= 4 is 0 Å². The molecule has 0 heterocycles. The second-order valence-corrected chi connectivity index (χ2v) is 5.56. The smallest absolute Gasteiger partial charge is 0.0590 e. The number of aliphatic hydroxyl groups excluding tert-OH is 2. The van der Waals surface area contributed by atoms with E-state index in [-0.39, 0.29) is 18.6 Å². The Bertz CT molecular complexity index is 159. The Morgan fingerprint density at radius 1 is 0.722 bits per heavy atom. The first kappa shape index (κ1) is 17.9. The molecular weight excluding hydrogens is 224 g/mol. The van der Waals surface area contributed by atoms with Crippen molar-refractivity contribution in [2.45, 2.75) is 90.6 Å². The fourth-order valence-corrected chi connectivity index (χ4v) is 2.43. The van der Waals surface area contributed by atoms with Gasteiger partial charge in [-0.3, -0.25) is 0 Å². The monoisotopic (exact) mass is 258 g/mol. The minimum atomic E-state index is -0.293. The number of hydrogen-bond donors (Lipinski definition) is 2. The zero-order valence-electron chi connectivity index (χ0n) is 12.5. The van der Waals surface area contributed by atoms with E-state index in [2.05, 4.69) is 13.8 Å². The Morgan fingerprint density at radius 2 is 1.22 bits per heavy atom. The highest BCUT2D eigenvalue weighted by atomic mass is 16.3. The van der Waals surface area contributed by atoms with Crippen LogP contribution in [0.4, 0.5) is 0 Å². The van der Waals surface area contributed by atoms with Gasteiger partial charge in [-0.1, -0.05) is 71.6 Å². The molecule has 0 fully saturated rings. The van der Waals surface area contributed by atoms with Crippen molar-refractivity contribution in [1.29, 1.82) is 0 Å². The maximum atomic E-state index is 10.1. The van der Waals surface area contributed by atoms with Crippen LogP contribution in [0.15, 0.2) is 0 Å². The number of unbranched alkanes of at least 4 members (excludes halogenated alkanes) is 7. The molecule has 0 rings (SSSR count). The summed E-state index contributed by atoms with van der Waals surface area (Å²) in [6, 6.07) is 0. The van der Waals surface area contributed by atoms with E-state index in [4.69, 9.17) is 0 Å². The second kappa shape index (κ2) is 13.4. The van der Waals surface area contributed by atoms with Gasteiger partial charge in [0, 0.05) is 12.5 Å². The SMILES string of the molecule is CCCCCCCC(O)C(CO)CCCCCC. The molecule has 0 aromatic carbocycles. The second-order valence-electron chi connectivity index (χ2n) is 5.56. The van der Waals surface area contributed by atoms with E-state index in [0.29, 0.717) is 0 Å². The van der Waals surface area contributed by atoms with Gasteiger partial charge in [0.25, 0.3) is 0 Å². The molecule has 0 aromatic rings. The van der Waals surface area contributed by atoms with Crippen molar-refractivity contribution in [1.82, 2.24) is 0 Å². The maximum Gasteiger partial charge on any atom is 0.0590 e. The highest BCUT2D eigenvalue weighted by Crippen LogP contribution is 2.19. The molecule has 0 aliphatic heterocycles. The first-order valence-corrected chi connectivity index (χ1v) is 8.05. The van der Waals surface area contributed by atoms with Crippen LogP contribution < -0.4 is 0 Å². The maximum absolute atomic E-state index is 10.1. The zero-order chi connectivity index (χ0) is 13.6. The third kappa shape index (κ3) is 9.90. The van der Waals surface area contributed by atoms with Crippen LogP contribution in [-0.2, 0) is 0 Å². The van der Waals surface area contributed by atoms with Crippen LogP contribution in [0.5, 0.6) is 0 Å². The average Bonchev–Trinajstić information content (AvgIpc) is 2.38. The Labute approximate surface area is 114 Å². The van der Waals surface area contributed by atoms with Gasteiger partial charge in [0.05, 0.1) is 6.10 Å². The molecule has 0 amide bonds. The van der Waals surface area contributed by atoms with Crippen molar-refractivity contribution < 1.29 is 10.2 Å². The molecule has 2 nitrogen and oxygen atoms in total. The van der Waals surface area contributed by atoms with E-state index < -0.39 is 0 Å². The van der Waals surface area contributed by atoms with E-state index in [1.807, 2.05) is 0 Å².